The second kappa shape index (κ2) is 4.37. The number of halogens is 3. The summed E-state index contributed by atoms with van der Waals surface area (Å²) in [6.45, 7) is 0. The van der Waals surface area contributed by atoms with Crippen LogP contribution in [0, 0.1) is 5.82 Å². The molecule has 18 heavy (non-hydrogen) atoms. The number of imidazole rings is 1. The standard InChI is InChI=1S/C13H7BrClFN2/c14-7-5-9(15)12-11(6-7)17-13(18-12)8-3-1-2-4-10(8)16/h1-6H,(H,17,18). The Hall–Kier alpha value is -1.39. The van der Waals surface area contributed by atoms with E-state index in [2.05, 4.69) is 25.9 Å². The Morgan fingerprint density at radius 2 is 2.00 bits per heavy atom. The molecule has 0 spiro atoms. The van der Waals surface area contributed by atoms with E-state index in [-0.39, 0.29) is 5.82 Å². The Balaban J connectivity index is 2.26. The van der Waals surface area contributed by atoms with Crippen LogP contribution in [0.2, 0.25) is 5.02 Å². The lowest BCUT2D eigenvalue weighted by Crippen LogP contribution is -1.84. The topological polar surface area (TPSA) is 28.7 Å². The molecule has 0 aliphatic carbocycles. The van der Waals surface area contributed by atoms with Crippen molar-refractivity contribution in [2.75, 3.05) is 0 Å². The summed E-state index contributed by atoms with van der Waals surface area (Å²) in [4.78, 5) is 7.40. The first-order valence-electron chi connectivity index (χ1n) is 5.25. The average Bonchev–Trinajstić information content (AvgIpc) is 2.73. The van der Waals surface area contributed by atoms with Gasteiger partial charge in [0.2, 0.25) is 0 Å². The second-order valence-corrected chi connectivity index (χ2v) is 5.17. The minimum absolute atomic E-state index is 0.313. The van der Waals surface area contributed by atoms with Crippen molar-refractivity contribution in [3.63, 3.8) is 0 Å². The Bertz CT molecular complexity index is 739. The number of hydrogen-bond acceptors (Lipinski definition) is 1. The first-order valence-corrected chi connectivity index (χ1v) is 6.42. The first kappa shape index (κ1) is 11.7. The highest BCUT2D eigenvalue weighted by molar-refractivity contribution is 9.10. The number of aromatic nitrogens is 2. The van der Waals surface area contributed by atoms with E-state index >= 15 is 0 Å². The molecule has 0 radical (unpaired) electrons. The Morgan fingerprint density at radius 1 is 1.22 bits per heavy atom. The lowest BCUT2D eigenvalue weighted by atomic mass is 10.2. The van der Waals surface area contributed by atoms with Crippen LogP contribution >= 0.6 is 27.5 Å². The van der Waals surface area contributed by atoms with Gasteiger partial charge in [-0.25, -0.2) is 9.37 Å². The molecule has 0 fully saturated rings. The molecule has 1 aromatic heterocycles. The van der Waals surface area contributed by atoms with E-state index in [0.29, 0.717) is 21.9 Å². The van der Waals surface area contributed by atoms with Crippen molar-refractivity contribution in [2.24, 2.45) is 0 Å². The van der Waals surface area contributed by atoms with Crippen LogP contribution in [0.15, 0.2) is 40.9 Å². The number of nitrogens with zero attached hydrogens (tertiary/aromatic N) is 1. The third-order valence-corrected chi connectivity index (χ3v) is 3.38. The van der Waals surface area contributed by atoms with Crippen molar-refractivity contribution in [1.82, 2.24) is 9.97 Å². The molecular weight excluding hydrogens is 319 g/mol. The van der Waals surface area contributed by atoms with Crippen LogP contribution in [0.5, 0.6) is 0 Å². The van der Waals surface area contributed by atoms with Crippen LogP contribution in [0.25, 0.3) is 22.4 Å². The maximum absolute atomic E-state index is 13.7. The van der Waals surface area contributed by atoms with Crippen LogP contribution in [0.4, 0.5) is 4.39 Å². The van der Waals surface area contributed by atoms with Crippen LogP contribution in [0.1, 0.15) is 0 Å². The van der Waals surface area contributed by atoms with Crippen molar-refractivity contribution in [2.45, 2.75) is 0 Å². The fourth-order valence-corrected chi connectivity index (χ4v) is 2.67. The largest absolute Gasteiger partial charge is 0.338 e. The van der Waals surface area contributed by atoms with Crippen LogP contribution in [-0.2, 0) is 0 Å². The molecule has 0 saturated heterocycles. The fraction of sp³-hybridized carbons (Fsp3) is 0. The molecule has 0 aliphatic rings. The lowest BCUT2D eigenvalue weighted by molar-refractivity contribution is 0.630. The highest BCUT2D eigenvalue weighted by Crippen LogP contribution is 2.29. The monoisotopic (exact) mass is 324 g/mol. The summed E-state index contributed by atoms with van der Waals surface area (Å²) in [6.07, 6.45) is 0. The van der Waals surface area contributed by atoms with E-state index in [1.54, 1.807) is 24.3 Å². The molecule has 2 aromatic carbocycles. The minimum atomic E-state index is -0.313. The lowest BCUT2D eigenvalue weighted by Gasteiger charge is -1.96. The summed E-state index contributed by atoms with van der Waals surface area (Å²) in [5.41, 5.74) is 1.84. The summed E-state index contributed by atoms with van der Waals surface area (Å²) in [5.74, 6) is 0.162. The summed E-state index contributed by atoms with van der Waals surface area (Å²) in [5, 5.41) is 0.526. The number of fused-ring (bicyclic) bond motifs is 1. The van der Waals surface area contributed by atoms with E-state index in [1.165, 1.54) is 6.07 Å². The molecule has 3 rings (SSSR count). The highest BCUT2D eigenvalue weighted by Gasteiger charge is 2.11. The normalized spacial score (nSPS) is 11.1. The number of rotatable bonds is 1. The predicted octanol–water partition coefficient (Wildman–Crippen LogP) is 4.78. The van der Waals surface area contributed by atoms with Crippen molar-refractivity contribution >= 4 is 38.6 Å². The van der Waals surface area contributed by atoms with E-state index in [0.717, 1.165) is 9.99 Å². The third-order valence-electron chi connectivity index (χ3n) is 2.63. The molecule has 3 aromatic rings. The summed E-state index contributed by atoms with van der Waals surface area (Å²) in [7, 11) is 0. The van der Waals surface area contributed by atoms with Crippen LogP contribution in [0.3, 0.4) is 0 Å². The van der Waals surface area contributed by atoms with E-state index in [9.17, 15) is 4.39 Å². The molecule has 0 bridgehead atoms. The predicted molar refractivity (Wildman–Crippen MR) is 74.2 cm³/mol. The van der Waals surface area contributed by atoms with Gasteiger partial charge >= 0.3 is 0 Å². The molecule has 0 unspecified atom stereocenters. The molecule has 2 nitrogen and oxygen atoms in total. The van der Waals surface area contributed by atoms with Crippen molar-refractivity contribution in [3.8, 4) is 11.4 Å². The van der Waals surface area contributed by atoms with Gasteiger partial charge in [-0.1, -0.05) is 39.7 Å². The van der Waals surface area contributed by atoms with Crippen molar-refractivity contribution in [1.29, 1.82) is 0 Å². The third kappa shape index (κ3) is 1.91. The maximum atomic E-state index is 13.7. The zero-order valence-corrected chi connectivity index (χ0v) is 11.4. The molecular formula is C13H7BrClFN2. The van der Waals surface area contributed by atoms with Gasteiger partial charge < -0.3 is 4.98 Å². The molecule has 0 aliphatic heterocycles. The van der Waals surface area contributed by atoms with E-state index in [4.69, 9.17) is 11.6 Å². The van der Waals surface area contributed by atoms with Gasteiger partial charge in [0, 0.05) is 4.47 Å². The van der Waals surface area contributed by atoms with Crippen LogP contribution in [-0.4, -0.2) is 9.97 Å². The van der Waals surface area contributed by atoms with Gasteiger partial charge in [0.1, 0.15) is 17.2 Å². The first-order chi connectivity index (χ1) is 8.65. The zero-order valence-electron chi connectivity index (χ0n) is 9.05. The molecule has 5 heteroatoms. The Labute approximate surface area is 116 Å². The van der Waals surface area contributed by atoms with Gasteiger partial charge in [0.15, 0.2) is 0 Å². The Kier molecular flexibility index (Phi) is 2.84. The Morgan fingerprint density at radius 3 is 2.78 bits per heavy atom. The molecule has 0 atom stereocenters. The molecule has 0 amide bonds. The highest BCUT2D eigenvalue weighted by atomic mass is 79.9. The maximum Gasteiger partial charge on any atom is 0.141 e. The average molecular weight is 326 g/mol. The van der Waals surface area contributed by atoms with Crippen LogP contribution < -0.4 is 0 Å². The van der Waals surface area contributed by atoms with Gasteiger partial charge in [0.05, 0.1) is 16.1 Å². The molecule has 1 heterocycles. The molecule has 0 saturated carbocycles. The summed E-state index contributed by atoms with van der Waals surface area (Å²) in [6, 6.07) is 10.1. The molecule has 90 valence electrons. The summed E-state index contributed by atoms with van der Waals surface area (Å²) < 4.78 is 14.5. The van der Waals surface area contributed by atoms with E-state index < -0.39 is 0 Å². The number of H-pyrrole nitrogens is 1. The van der Waals surface area contributed by atoms with Gasteiger partial charge in [-0.15, -0.1) is 0 Å². The summed E-state index contributed by atoms with van der Waals surface area (Å²) >= 11 is 9.45. The number of aromatic amines is 1. The quantitative estimate of drug-likeness (QED) is 0.685. The van der Waals surface area contributed by atoms with Gasteiger partial charge in [-0.2, -0.15) is 0 Å². The van der Waals surface area contributed by atoms with Gasteiger partial charge in [-0.3, -0.25) is 0 Å². The second-order valence-electron chi connectivity index (χ2n) is 3.85. The zero-order chi connectivity index (χ0) is 12.7. The van der Waals surface area contributed by atoms with Crippen molar-refractivity contribution in [3.05, 3.63) is 51.7 Å². The number of nitrogens with one attached hydrogen (secondary N) is 1. The molecule has 1 N–H and O–H groups in total. The van der Waals surface area contributed by atoms with Gasteiger partial charge in [0.25, 0.3) is 0 Å². The number of benzene rings is 2. The SMILES string of the molecule is Fc1ccccc1-c1nc2c(Cl)cc(Br)cc2[nH]1. The smallest absolute Gasteiger partial charge is 0.141 e. The fourth-order valence-electron chi connectivity index (χ4n) is 1.82. The van der Waals surface area contributed by atoms with Gasteiger partial charge in [-0.05, 0) is 24.3 Å². The number of hydrogen-bond donors (Lipinski definition) is 1. The van der Waals surface area contributed by atoms with Crippen molar-refractivity contribution < 1.29 is 4.39 Å². The van der Waals surface area contributed by atoms with E-state index in [1.807, 2.05) is 6.07 Å². The minimum Gasteiger partial charge on any atom is -0.338 e.